The monoisotopic (exact) mass is 213 g/mol. The Kier molecular flexibility index (Phi) is 4.68. The first kappa shape index (κ1) is 12.1. The second kappa shape index (κ2) is 5.80. The summed E-state index contributed by atoms with van der Waals surface area (Å²) in [5.41, 5.74) is 6.68. The Bertz CT molecular complexity index is 302. The first-order valence-electron chi connectivity index (χ1n) is 4.73. The molecule has 0 bridgehead atoms. The summed E-state index contributed by atoms with van der Waals surface area (Å²) in [6.07, 6.45) is 0.0534. The van der Waals surface area contributed by atoms with E-state index in [1.54, 1.807) is 6.07 Å². The quantitative estimate of drug-likeness (QED) is 0.750. The van der Waals surface area contributed by atoms with E-state index in [1.807, 2.05) is 6.07 Å². The van der Waals surface area contributed by atoms with E-state index >= 15 is 0 Å². The van der Waals surface area contributed by atoms with Gasteiger partial charge in [0.15, 0.2) is 6.29 Å². The van der Waals surface area contributed by atoms with Gasteiger partial charge < -0.3 is 15.2 Å². The van der Waals surface area contributed by atoms with Crippen molar-refractivity contribution in [3.8, 4) is 0 Å². The van der Waals surface area contributed by atoms with Crippen LogP contribution in [0.3, 0.4) is 0 Å². The molecule has 0 radical (unpaired) electrons. The minimum absolute atomic E-state index is 0.258. The normalized spacial score (nSPS) is 13.1. The van der Waals surface area contributed by atoms with Crippen molar-refractivity contribution in [1.29, 1.82) is 0 Å². The van der Waals surface area contributed by atoms with E-state index in [0.29, 0.717) is 6.42 Å². The summed E-state index contributed by atoms with van der Waals surface area (Å²) < 4.78 is 22.9. The van der Waals surface area contributed by atoms with Gasteiger partial charge in [-0.2, -0.15) is 0 Å². The van der Waals surface area contributed by atoms with Crippen molar-refractivity contribution < 1.29 is 13.9 Å². The molecule has 0 fully saturated rings. The van der Waals surface area contributed by atoms with Crippen molar-refractivity contribution in [2.45, 2.75) is 18.8 Å². The maximum Gasteiger partial charge on any atom is 0.172 e. The van der Waals surface area contributed by atoms with Crippen LogP contribution in [0.2, 0.25) is 0 Å². The van der Waals surface area contributed by atoms with Crippen LogP contribution < -0.4 is 5.73 Å². The van der Waals surface area contributed by atoms with E-state index in [4.69, 9.17) is 15.2 Å². The van der Waals surface area contributed by atoms with E-state index < -0.39 is 6.29 Å². The Balaban J connectivity index is 2.61. The summed E-state index contributed by atoms with van der Waals surface area (Å²) in [4.78, 5) is 0. The maximum absolute atomic E-state index is 12.9. The fourth-order valence-electron chi connectivity index (χ4n) is 1.48. The van der Waals surface area contributed by atoms with Gasteiger partial charge in [0.25, 0.3) is 0 Å². The number of rotatable bonds is 5. The van der Waals surface area contributed by atoms with Gasteiger partial charge in [-0.15, -0.1) is 0 Å². The Hall–Kier alpha value is -0.970. The molecule has 0 saturated carbocycles. The lowest BCUT2D eigenvalue weighted by Crippen LogP contribution is -2.39. The molecule has 1 aromatic carbocycles. The third-order valence-corrected chi connectivity index (χ3v) is 2.17. The Labute approximate surface area is 89.0 Å². The van der Waals surface area contributed by atoms with Crippen LogP contribution in [-0.4, -0.2) is 26.6 Å². The molecule has 0 saturated heterocycles. The SMILES string of the molecule is COC(OC)C(N)Cc1cccc(F)c1. The molecule has 2 N–H and O–H groups in total. The summed E-state index contributed by atoms with van der Waals surface area (Å²) in [5, 5.41) is 0. The second-order valence-corrected chi connectivity index (χ2v) is 3.34. The molecule has 1 unspecified atom stereocenters. The van der Waals surface area contributed by atoms with Gasteiger partial charge in [0.05, 0.1) is 6.04 Å². The van der Waals surface area contributed by atoms with E-state index in [9.17, 15) is 4.39 Å². The van der Waals surface area contributed by atoms with Gasteiger partial charge >= 0.3 is 0 Å². The fraction of sp³-hybridized carbons (Fsp3) is 0.455. The highest BCUT2D eigenvalue weighted by Crippen LogP contribution is 2.08. The van der Waals surface area contributed by atoms with E-state index in [-0.39, 0.29) is 11.9 Å². The zero-order valence-electron chi connectivity index (χ0n) is 8.94. The van der Waals surface area contributed by atoms with Crippen molar-refractivity contribution in [2.24, 2.45) is 5.73 Å². The Morgan fingerprint density at radius 1 is 1.33 bits per heavy atom. The molecule has 15 heavy (non-hydrogen) atoms. The summed E-state index contributed by atoms with van der Waals surface area (Å²) in [6, 6.07) is 6.04. The van der Waals surface area contributed by atoms with E-state index in [1.165, 1.54) is 26.4 Å². The molecule has 84 valence electrons. The first-order chi connectivity index (χ1) is 7.17. The number of nitrogens with two attached hydrogens (primary N) is 1. The topological polar surface area (TPSA) is 44.5 Å². The van der Waals surface area contributed by atoms with Gasteiger partial charge in [-0.1, -0.05) is 12.1 Å². The van der Waals surface area contributed by atoms with Gasteiger partial charge in [-0.25, -0.2) is 4.39 Å². The lowest BCUT2D eigenvalue weighted by molar-refractivity contribution is -0.115. The largest absolute Gasteiger partial charge is 0.354 e. The molecule has 1 rings (SSSR count). The smallest absolute Gasteiger partial charge is 0.172 e. The van der Waals surface area contributed by atoms with E-state index in [0.717, 1.165) is 5.56 Å². The van der Waals surface area contributed by atoms with Crippen molar-refractivity contribution in [1.82, 2.24) is 0 Å². The molecule has 0 spiro atoms. The third kappa shape index (κ3) is 3.58. The highest BCUT2D eigenvalue weighted by Gasteiger charge is 2.16. The predicted molar refractivity (Wildman–Crippen MR) is 55.9 cm³/mol. The minimum Gasteiger partial charge on any atom is -0.354 e. The van der Waals surface area contributed by atoms with Gasteiger partial charge in [0.1, 0.15) is 5.82 Å². The molecule has 4 heteroatoms. The summed E-state index contributed by atoms with van der Waals surface area (Å²) in [5.74, 6) is -0.258. The third-order valence-electron chi connectivity index (χ3n) is 2.17. The molecule has 0 amide bonds. The lowest BCUT2D eigenvalue weighted by Gasteiger charge is -2.20. The number of ether oxygens (including phenoxy) is 2. The maximum atomic E-state index is 12.9. The second-order valence-electron chi connectivity index (χ2n) is 3.34. The van der Waals surface area contributed by atoms with Crippen LogP contribution in [0.1, 0.15) is 5.56 Å². The van der Waals surface area contributed by atoms with Crippen molar-refractivity contribution in [3.05, 3.63) is 35.6 Å². The lowest BCUT2D eigenvalue weighted by atomic mass is 10.1. The molecule has 0 aliphatic carbocycles. The molecular formula is C11H16FNO2. The first-order valence-corrected chi connectivity index (χ1v) is 4.73. The average molecular weight is 213 g/mol. The highest BCUT2D eigenvalue weighted by molar-refractivity contribution is 5.17. The van der Waals surface area contributed by atoms with Crippen LogP contribution in [0, 0.1) is 5.82 Å². The summed E-state index contributed by atoms with van der Waals surface area (Å²) in [7, 11) is 3.05. The zero-order chi connectivity index (χ0) is 11.3. The number of hydrogen-bond donors (Lipinski definition) is 1. The molecular weight excluding hydrogens is 197 g/mol. The predicted octanol–water partition coefficient (Wildman–Crippen LogP) is 1.31. The van der Waals surface area contributed by atoms with Crippen LogP contribution in [0.5, 0.6) is 0 Å². The Morgan fingerprint density at radius 3 is 2.53 bits per heavy atom. The van der Waals surface area contributed by atoms with Crippen LogP contribution in [0.25, 0.3) is 0 Å². The number of benzene rings is 1. The van der Waals surface area contributed by atoms with Crippen LogP contribution >= 0.6 is 0 Å². The van der Waals surface area contributed by atoms with Crippen molar-refractivity contribution >= 4 is 0 Å². The van der Waals surface area contributed by atoms with Crippen molar-refractivity contribution in [2.75, 3.05) is 14.2 Å². The van der Waals surface area contributed by atoms with Gasteiger partial charge in [0.2, 0.25) is 0 Å². The molecule has 0 aliphatic rings. The van der Waals surface area contributed by atoms with E-state index in [2.05, 4.69) is 0 Å². The van der Waals surface area contributed by atoms with Gasteiger partial charge in [0, 0.05) is 14.2 Å². The number of methoxy groups -OCH3 is 2. The molecule has 1 aromatic rings. The zero-order valence-corrected chi connectivity index (χ0v) is 8.94. The highest BCUT2D eigenvalue weighted by atomic mass is 19.1. The Morgan fingerprint density at radius 2 is 2.00 bits per heavy atom. The van der Waals surface area contributed by atoms with Crippen molar-refractivity contribution in [3.63, 3.8) is 0 Å². The molecule has 1 atom stereocenters. The van der Waals surface area contributed by atoms with Crippen LogP contribution in [0.15, 0.2) is 24.3 Å². The molecule has 0 aliphatic heterocycles. The number of halogens is 1. The van der Waals surface area contributed by atoms with Gasteiger partial charge in [-0.05, 0) is 24.1 Å². The summed E-state index contributed by atoms with van der Waals surface area (Å²) in [6.45, 7) is 0. The molecule has 0 heterocycles. The van der Waals surface area contributed by atoms with Crippen LogP contribution in [-0.2, 0) is 15.9 Å². The standard InChI is InChI=1S/C11H16FNO2/c1-14-11(15-2)10(13)7-8-4-3-5-9(12)6-8/h3-6,10-11H,7,13H2,1-2H3. The van der Waals surface area contributed by atoms with Gasteiger partial charge in [-0.3, -0.25) is 0 Å². The molecule has 3 nitrogen and oxygen atoms in total. The fourth-order valence-corrected chi connectivity index (χ4v) is 1.48. The van der Waals surface area contributed by atoms with Crippen LogP contribution in [0.4, 0.5) is 4.39 Å². The number of hydrogen-bond acceptors (Lipinski definition) is 3. The average Bonchev–Trinajstić information content (AvgIpc) is 2.19. The molecule has 0 aromatic heterocycles. The summed E-state index contributed by atoms with van der Waals surface area (Å²) >= 11 is 0. The minimum atomic E-state index is -0.465.